The summed E-state index contributed by atoms with van der Waals surface area (Å²) >= 11 is 0. The highest BCUT2D eigenvalue weighted by molar-refractivity contribution is 5.94. The Morgan fingerprint density at radius 3 is 2.85 bits per heavy atom. The van der Waals surface area contributed by atoms with Gasteiger partial charge < -0.3 is 14.5 Å². The van der Waals surface area contributed by atoms with Gasteiger partial charge in [0.2, 0.25) is 5.89 Å². The number of benzene rings is 2. The van der Waals surface area contributed by atoms with Crippen LogP contribution in [0, 0.1) is 12.7 Å². The molecule has 2 aromatic carbocycles. The zero-order valence-corrected chi connectivity index (χ0v) is 13.9. The topological polar surface area (TPSA) is 81.4 Å². The molecular formula is C19H15FN2O4. The molecule has 1 aromatic heterocycles. The van der Waals surface area contributed by atoms with Crippen LogP contribution in [0.15, 0.2) is 53.0 Å². The molecule has 7 heteroatoms. The minimum atomic E-state index is -0.725. The van der Waals surface area contributed by atoms with Crippen molar-refractivity contribution < 1.29 is 23.1 Å². The number of para-hydroxylation sites is 2. The third-order valence-corrected chi connectivity index (χ3v) is 3.47. The number of aromatic nitrogens is 1. The average molecular weight is 354 g/mol. The third kappa shape index (κ3) is 4.32. The van der Waals surface area contributed by atoms with E-state index in [1.165, 1.54) is 12.1 Å². The molecule has 132 valence electrons. The highest BCUT2D eigenvalue weighted by Crippen LogP contribution is 2.15. The van der Waals surface area contributed by atoms with Crippen LogP contribution in [-0.4, -0.2) is 23.5 Å². The molecule has 3 rings (SSSR count). The first-order valence-electron chi connectivity index (χ1n) is 7.78. The van der Waals surface area contributed by atoms with Gasteiger partial charge in [0.1, 0.15) is 11.3 Å². The normalized spacial score (nSPS) is 11.0. The van der Waals surface area contributed by atoms with Crippen LogP contribution in [0.25, 0.3) is 17.2 Å². The van der Waals surface area contributed by atoms with E-state index in [0.717, 1.165) is 6.08 Å². The molecular weight excluding hydrogens is 339 g/mol. The van der Waals surface area contributed by atoms with Crippen LogP contribution in [0.5, 0.6) is 0 Å². The number of aryl methyl sites for hydroxylation is 1. The van der Waals surface area contributed by atoms with E-state index in [4.69, 9.17) is 9.15 Å². The number of carbonyl (C=O) groups excluding carboxylic acids is 2. The first-order valence-corrected chi connectivity index (χ1v) is 7.78. The lowest BCUT2D eigenvalue weighted by Gasteiger charge is -2.06. The Hall–Kier alpha value is -3.48. The highest BCUT2D eigenvalue weighted by atomic mass is 19.1. The van der Waals surface area contributed by atoms with Crippen molar-refractivity contribution in [3.05, 3.63) is 65.8 Å². The van der Waals surface area contributed by atoms with Crippen molar-refractivity contribution in [2.24, 2.45) is 0 Å². The number of amides is 1. The maximum atomic E-state index is 13.4. The number of anilines is 1. The van der Waals surface area contributed by atoms with Gasteiger partial charge in [0.05, 0.1) is 0 Å². The molecule has 0 unspecified atom stereocenters. The monoisotopic (exact) mass is 354 g/mol. The van der Waals surface area contributed by atoms with E-state index in [9.17, 15) is 14.0 Å². The van der Waals surface area contributed by atoms with Crippen LogP contribution in [0.2, 0.25) is 0 Å². The van der Waals surface area contributed by atoms with Crippen LogP contribution in [0.4, 0.5) is 10.1 Å². The maximum Gasteiger partial charge on any atom is 0.331 e. The summed E-state index contributed by atoms with van der Waals surface area (Å²) < 4.78 is 23.7. The summed E-state index contributed by atoms with van der Waals surface area (Å²) in [6, 6.07) is 11.5. The molecule has 0 bridgehead atoms. The van der Waals surface area contributed by atoms with E-state index in [1.54, 1.807) is 31.2 Å². The van der Waals surface area contributed by atoms with Gasteiger partial charge in [-0.05, 0) is 36.8 Å². The van der Waals surface area contributed by atoms with Gasteiger partial charge in [-0.1, -0.05) is 18.2 Å². The molecule has 0 radical (unpaired) electrons. The summed E-state index contributed by atoms with van der Waals surface area (Å²) in [5.74, 6) is -1.47. The van der Waals surface area contributed by atoms with Crippen molar-refractivity contribution in [2.75, 3.05) is 11.9 Å². The number of hydrogen-bond donors (Lipinski definition) is 1. The fourth-order valence-corrected chi connectivity index (χ4v) is 2.15. The molecule has 6 nitrogen and oxygen atoms in total. The number of esters is 1. The summed E-state index contributed by atoms with van der Waals surface area (Å²) in [4.78, 5) is 27.6. The maximum absolute atomic E-state index is 13.4. The summed E-state index contributed by atoms with van der Waals surface area (Å²) in [6.45, 7) is 1.12. The van der Waals surface area contributed by atoms with Gasteiger partial charge in [-0.25, -0.2) is 14.2 Å². The van der Waals surface area contributed by atoms with Gasteiger partial charge in [-0.3, -0.25) is 4.79 Å². The number of ether oxygens (including phenoxy) is 1. The van der Waals surface area contributed by atoms with Gasteiger partial charge in [0.15, 0.2) is 12.2 Å². The molecule has 0 aliphatic heterocycles. The van der Waals surface area contributed by atoms with Crippen molar-refractivity contribution in [3.8, 4) is 0 Å². The molecule has 1 amide bonds. The predicted molar refractivity (Wildman–Crippen MR) is 93.8 cm³/mol. The molecule has 26 heavy (non-hydrogen) atoms. The van der Waals surface area contributed by atoms with Crippen molar-refractivity contribution in [3.63, 3.8) is 0 Å². The lowest BCUT2D eigenvalue weighted by atomic mass is 10.2. The quantitative estimate of drug-likeness (QED) is 0.560. The number of nitrogens with zero attached hydrogens (tertiary/aromatic N) is 1. The van der Waals surface area contributed by atoms with Crippen LogP contribution in [0.1, 0.15) is 11.5 Å². The number of rotatable bonds is 5. The second kappa shape index (κ2) is 7.60. The predicted octanol–water partition coefficient (Wildman–Crippen LogP) is 3.47. The van der Waals surface area contributed by atoms with E-state index < -0.39 is 24.3 Å². The standard InChI is InChI=1S/C19H15FN2O4/c1-12-6-7-13(10-14(12)20)21-17(23)11-25-19(24)9-8-18-22-15-4-2-3-5-16(15)26-18/h2-10H,11H2,1H3,(H,21,23)/b9-8+. The number of nitrogens with one attached hydrogen (secondary N) is 1. The first kappa shape index (κ1) is 17.3. The molecule has 0 aliphatic carbocycles. The first-order chi connectivity index (χ1) is 12.5. The van der Waals surface area contributed by atoms with Gasteiger partial charge in [-0.2, -0.15) is 0 Å². The van der Waals surface area contributed by atoms with Gasteiger partial charge in [0, 0.05) is 17.8 Å². The Morgan fingerprint density at radius 2 is 2.08 bits per heavy atom. The van der Waals surface area contributed by atoms with Crippen molar-refractivity contribution in [1.82, 2.24) is 4.98 Å². The van der Waals surface area contributed by atoms with Crippen LogP contribution in [-0.2, 0) is 14.3 Å². The smallest absolute Gasteiger partial charge is 0.331 e. The third-order valence-electron chi connectivity index (χ3n) is 3.47. The van der Waals surface area contributed by atoms with E-state index in [0.29, 0.717) is 16.7 Å². The molecule has 1 heterocycles. The Bertz CT molecular complexity index is 961. The van der Waals surface area contributed by atoms with Crippen LogP contribution >= 0.6 is 0 Å². The second-order valence-corrected chi connectivity index (χ2v) is 5.47. The van der Waals surface area contributed by atoms with E-state index in [2.05, 4.69) is 10.3 Å². The molecule has 0 saturated carbocycles. The SMILES string of the molecule is Cc1ccc(NC(=O)COC(=O)/C=C/c2nc3ccccc3o2)cc1F. The zero-order chi connectivity index (χ0) is 18.5. The summed E-state index contributed by atoms with van der Waals surface area (Å²) in [6.07, 6.45) is 2.47. The highest BCUT2D eigenvalue weighted by Gasteiger charge is 2.08. The van der Waals surface area contributed by atoms with E-state index in [1.807, 2.05) is 12.1 Å². The molecule has 0 atom stereocenters. The average Bonchev–Trinajstić information content (AvgIpc) is 3.04. The number of fused-ring (bicyclic) bond motifs is 1. The molecule has 1 N–H and O–H groups in total. The Labute approximate surface area is 148 Å². The van der Waals surface area contributed by atoms with Gasteiger partial charge >= 0.3 is 5.97 Å². The zero-order valence-electron chi connectivity index (χ0n) is 13.9. The minimum absolute atomic E-state index is 0.253. The molecule has 0 saturated heterocycles. The largest absolute Gasteiger partial charge is 0.452 e. The number of carbonyl (C=O) groups is 2. The summed E-state index contributed by atoms with van der Waals surface area (Å²) in [5.41, 5.74) is 2.03. The Balaban J connectivity index is 1.51. The van der Waals surface area contributed by atoms with Crippen molar-refractivity contribution in [1.29, 1.82) is 0 Å². The van der Waals surface area contributed by atoms with E-state index >= 15 is 0 Å². The van der Waals surface area contributed by atoms with Crippen LogP contribution < -0.4 is 5.32 Å². The second-order valence-electron chi connectivity index (χ2n) is 5.47. The van der Waals surface area contributed by atoms with Crippen molar-refractivity contribution >= 4 is 34.7 Å². The Kier molecular flexibility index (Phi) is 5.07. The summed E-state index contributed by atoms with van der Waals surface area (Å²) in [5, 5.41) is 2.45. The molecule has 0 fully saturated rings. The van der Waals surface area contributed by atoms with Gasteiger partial charge in [0.25, 0.3) is 5.91 Å². The fraction of sp³-hybridized carbons (Fsp3) is 0.105. The van der Waals surface area contributed by atoms with Crippen molar-refractivity contribution in [2.45, 2.75) is 6.92 Å². The molecule has 0 aliphatic rings. The van der Waals surface area contributed by atoms with E-state index in [-0.39, 0.29) is 11.6 Å². The number of halogens is 1. The minimum Gasteiger partial charge on any atom is -0.452 e. The molecule has 0 spiro atoms. The number of oxazole rings is 1. The van der Waals surface area contributed by atoms with Crippen LogP contribution in [0.3, 0.4) is 0 Å². The Morgan fingerprint density at radius 1 is 1.27 bits per heavy atom. The lowest BCUT2D eigenvalue weighted by molar-refractivity contribution is -0.142. The summed E-state index contributed by atoms with van der Waals surface area (Å²) in [7, 11) is 0. The van der Waals surface area contributed by atoms with Gasteiger partial charge in [-0.15, -0.1) is 0 Å². The lowest BCUT2D eigenvalue weighted by Crippen LogP contribution is -2.20. The molecule has 3 aromatic rings. The number of hydrogen-bond acceptors (Lipinski definition) is 5. The fourth-order valence-electron chi connectivity index (χ4n) is 2.15.